The monoisotopic (exact) mass is 253 g/mol. The molecule has 0 bridgehead atoms. The molecule has 0 atom stereocenters. The number of imidazole rings is 1. The maximum atomic E-state index is 10.2. The molecular formula is C6H11N3O6S. The van der Waals surface area contributed by atoms with Crippen molar-refractivity contribution in [3.05, 3.63) is 22.6 Å². The van der Waals surface area contributed by atoms with Gasteiger partial charge in [-0.15, -0.1) is 0 Å². The van der Waals surface area contributed by atoms with Gasteiger partial charge in [0.2, 0.25) is 16.7 Å². The van der Waals surface area contributed by atoms with Crippen LogP contribution in [-0.2, 0) is 28.7 Å². The summed E-state index contributed by atoms with van der Waals surface area (Å²) < 4.78 is 34.1. The fraction of sp³-hybridized carbons (Fsp3) is 0.500. The molecule has 9 nitrogen and oxygen atoms in total. The second kappa shape index (κ2) is 5.53. The minimum absolute atomic E-state index is 0.0995. The topological polar surface area (TPSA) is 118 Å². The van der Waals surface area contributed by atoms with Gasteiger partial charge in [-0.25, -0.2) is 13.0 Å². The van der Waals surface area contributed by atoms with Crippen LogP contribution in [-0.4, -0.2) is 29.6 Å². The van der Waals surface area contributed by atoms with Crippen molar-refractivity contribution in [2.75, 3.05) is 7.11 Å². The van der Waals surface area contributed by atoms with Crippen molar-refractivity contribution in [2.45, 2.75) is 0 Å². The minimum Gasteiger partial charge on any atom is -0.726 e. The summed E-state index contributed by atoms with van der Waals surface area (Å²) in [5, 5.41) is 10.2. The van der Waals surface area contributed by atoms with Crippen molar-refractivity contribution in [1.82, 2.24) is 4.57 Å². The highest BCUT2D eigenvalue weighted by atomic mass is 32.3. The van der Waals surface area contributed by atoms with Crippen molar-refractivity contribution in [1.29, 1.82) is 0 Å². The molecule has 0 amide bonds. The standard InChI is InChI=1S/C5H8N3O2.CH4O4S/c1-6-3-5(8(9)10)7(2)4-6;1-5-6(2,3)4/h3-4H,1-2H3;1H3,(H,2,3,4)/q+1;/p-1. The van der Waals surface area contributed by atoms with Gasteiger partial charge < -0.3 is 14.7 Å². The fourth-order valence-corrected chi connectivity index (χ4v) is 0.815. The highest BCUT2D eigenvalue weighted by Gasteiger charge is 2.11. The first-order valence-electron chi connectivity index (χ1n) is 3.84. The number of nitrogens with zero attached hydrogens (tertiary/aromatic N) is 3. The largest absolute Gasteiger partial charge is 0.726 e. The number of rotatable bonds is 2. The number of hydrogen-bond donors (Lipinski definition) is 0. The van der Waals surface area contributed by atoms with Crippen LogP contribution in [0.15, 0.2) is 12.5 Å². The molecule has 0 unspecified atom stereocenters. The molecule has 1 rings (SSSR count). The Morgan fingerprint density at radius 2 is 2.00 bits per heavy atom. The van der Waals surface area contributed by atoms with Gasteiger partial charge in [-0.3, -0.25) is 4.18 Å². The minimum atomic E-state index is -4.41. The van der Waals surface area contributed by atoms with Crippen LogP contribution in [0.2, 0.25) is 0 Å². The first kappa shape index (κ1) is 14.5. The molecular weight excluding hydrogens is 242 g/mol. The van der Waals surface area contributed by atoms with E-state index in [-0.39, 0.29) is 5.82 Å². The Hall–Kier alpha value is -1.52. The van der Waals surface area contributed by atoms with E-state index < -0.39 is 15.3 Å². The molecule has 0 saturated heterocycles. The van der Waals surface area contributed by atoms with E-state index in [1.165, 1.54) is 10.8 Å². The lowest BCUT2D eigenvalue weighted by molar-refractivity contribution is -0.672. The van der Waals surface area contributed by atoms with Gasteiger partial charge >= 0.3 is 5.82 Å². The molecule has 0 N–H and O–H groups in total. The van der Waals surface area contributed by atoms with Gasteiger partial charge in [0.05, 0.1) is 21.2 Å². The predicted octanol–water partition coefficient (Wildman–Crippen LogP) is -1.15. The van der Waals surface area contributed by atoms with Crippen LogP contribution >= 0.6 is 0 Å². The highest BCUT2D eigenvalue weighted by Crippen LogP contribution is 2.03. The normalized spacial score (nSPS) is 10.5. The summed E-state index contributed by atoms with van der Waals surface area (Å²) in [6.45, 7) is 0. The number of aryl methyl sites for hydroxylation is 2. The highest BCUT2D eigenvalue weighted by molar-refractivity contribution is 7.80. The summed E-state index contributed by atoms with van der Waals surface area (Å²) in [6.07, 6.45) is 3.10. The molecule has 0 aromatic carbocycles. The number of nitro groups is 1. The molecule has 0 saturated carbocycles. The molecule has 1 aromatic heterocycles. The van der Waals surface area contributed by atoms with Crippen molar-refractivity contribution >= 4 is 16.2 Å². The predicted molar refractivity (Wildman–Crippen MR) is 49.9 cm³/mol. The van der Waals surface area contributed by atoms with Crippen LogP contribution in [0.4, 0.5) is 5.82 Å². The van der Waals surface area contributed by atoms with E-state index in [1.54, 1.807) is 25.0 Å². The summed E-state index contributed by atoms with van der Waals surface area (Å²) in [6, 6.07) is 0. The van der Waals surface area contributed by atoms with Crippen LogP contribution in [0, 0.1) is 10.1 Å². The van der Waals surface area contributed by atoms with Crippen molar-refractivity contribution in [3.8, 4) is 0 Å². The molecule has 0 radical (unpaired) electrons. The zero-order valence-electron chi connectivity index (χ0n) is 8.85. The van der Waals surface area contributed by atoms with Gasteiger partial charge in [0.25, 0.3) is 0 Å². The van der Waals surface area contributed by atoms with E-state index in [4.69, 9.17) is 0 Å². The Balaban J connectivity index is 0.000000325. The Kier molecular flexibility index (Phi) is 5.01. The molecule has 0 aliphatic heterocycles. The van der Waals surface area contributed by atoms with Crippen molar-refractivity contribution < 1.29 is 26.6 Å². The summed E-state index contributed by atoms with van der Waals surface area (Å²) in [5.74, 6) is 0.0995. The Morgan fingerprint density at radius 3 is 2.12 bits per heavy atom. The molecule has 0 fully saturated rings. The fourth-order valence-electron chi connectivity index (χ4n) is 0.815. The molecule has 10 heteroatoms. The third kappa shape index (κ3) is 5.38. The van der Waals surface area contributed by atoms with Crippen LogP contribution in [0.5, 0.6) is 0 Å². The molecule has 1 heterocycles. The smallest absolute Gasteiger partial charge is 0.364 e. The van der Waals surface area contributed by atoms with E-state index >= 15 is 0 Å². The van der Waals surface area contributed by atoms with Gasteiger partial charge in [-0.1, -0.05) is 0 Å². The number of aromatic nitrogens is 2. The summed E-state index contributed by atoms with van der Waals surface area (Å²) in [4.78, 5) is 9.79. The maximum Gasteiger partial charge on any atom is 0.364 e. The lowest BCUT2D eigenvalue weighted by atomic mass is 10.7. The van der Waals surface area contributed by atoms with E-state index in [9.17, 15) is 23.1 Å². The molecule has 92 valence electrons. The zero-order chi connectivity index (χ0) is 12.9. The van der Waals surface area contributed by atoms with Crippen LogP contribution in [0.25, 0.3) is 0 Å². The lowest BCUT2D eigenvalue weighted by Gasteiger charge is -1.98. The molecule has 0 aliphatic carbocycles. The summed E-state index contributed by atoms with van der Waals surface area (Å²) >= 11 is 0. The average Bonchev–Trinajstić information content (AvgIpc) is 2.45. The molecule has 16 heavy (non-hydrogen) atoms. The van der Waals surface area contributed by atoms with Crippen molar-refractivity contribution in [2.24, 2.45) is 14.1 Å². The van der Waals surface area contributed by atoms with E-state index in [1.807, 2.05) is 0 Å². The van der Waals surface area contributed by atoms with Gasteiger partial charge in [0.15, 0.2) is 6.20 Å². The Bertz CT molecular complexity index is 465. The van der Waals surface area contributed by atoms with Crippen LogP contribution in [0.3, 0.4) is 0 Å². The SMILES string of the molecule is COS(=O)(=O)[O-].Cn1c[n+](C)cc1[N+](=O)[O-]. The van der Waals surface area contributed by atoms with Gasteiger partial charge in [-0.2, -0.15) is 4.57 Å². The average molecular weight is 253 g/mol. The third-order valence-corrected chi connectivity index (χ3v) is 1.84. The second-order valence-corrected chi connectivity index (χ2v) is 3.86. The Morgan fingerprint density at radius 1 is 1.56 bits per heavy atom. The van der Waals surface area contributed by atoms with E-state index in [0.29, 0.717) is 0 Å². The number of hydrogen-bond acceptors (Lipinski definition) is 6. The van der Waals surface area contributed by atoms with Crippen molar-refractivity contribution in [3.63, 3.8) is 0 Å². The summed E-state index contributed by atoms with van der Waals surface area (Å²) in [7, 11) is -0.224. The molecule has 0 spiro atoms. The third-order valence-electron chi connectivity index (χ3n) is 1.43. The maximum absolute atomic E-state index is 10.2. The van der Waals surface area contributed by atoms with E-state index in [2.05, 4.69) is 4.18 Å². The lowest BCUT2D eigenvalue weighted by Crippen LogP contribution is -2.23. The molecule has 0 aliphatic rings. The zero-order valence-corrected chi connectivity index (χ0v) is 9.67. The van der Waals surface area contributed by atoms with Gasteiger partial charge in [-0.05, 0) is 4.92 Å². The first-order valence-corrected chi connectivity index (χ1v) is 5.18. The van der Waals surface area contributed by atoms with Crippen LogP contribution in [0.1, 0.15) is 0 Å². The van der Waals surface area contributed by atoms with Crippen LogP contribution < -0.4 is 4.57 Å². The van der Waals surface area contributed by atoms with Gasteiger partial charge in [0.1, 0.15) is 0 Å². The second-order valence-electron chi connectivity index (χ2n) is 2.71. The van der Waals surface area contributed by atoms with Gasteiger partial charge in [0, 0.05) is 0 Å². The first-order chi connectivity index (χ1) is 7.17. The quantitative estimate of drug-likeness (QED) is 0.216. The Labute approximate surface area is 92.0 Å². The summed E-state index contributed by atoms with van der Waals surface area (Å²) in [5.41, 5.74) is 0. The van der Waals surface area contributed by atoms with E-state index in [0.717, 1.165) is 7.11 Å². The molecule has 1 aromatic rings.